The summed E-state index contributed by atoms with van der Waals surface area (Å²) in [6, 6.07) is 10.00. The molecule has 1 aliphatic heterocycles. The highest BCUT2D eigenvalue weighted by Crippen LogP contribution is 2.21. The number of rotatable bonds is 4. The molecule has 2 heterocycles. The van der Waals surface area contributed by atoms with Crippen molar-refractivity contribution in [2.45, 2.75) is 25.1 Å². The number of carbonyl (C=O) groups is 1. The molecule has 0 spiro atoms. The molecule has 1 aromatic heterocycles. The molecule has 2 aromatic rings. The van der Waals surface area contributed by atoms with E-state index in [9.17, 15) is 13.2 Å². The first kappa shape index (κ1) is 16.0. The Morgan fingerprint density at radius 2 is 2.09 bits per heavy atom. The summed E-state index contributed by atoms with van der Waals surface area (Å²) in [6.07, 6.45) is 0.486. The van der Waals surface area contributed by atoms with Crippen LogP contribution >= 0.6 is 0 Å². The molecule has 1 aromatic carbocycles. The van der Waals surface area contributed by atoms with Gasteiger partial charge in [-0.15, -0.1) is 0 Å². The number of hydrogen-bond acceptors (Lipinski definition) is 3. The lowest BCUT2D eigenvalue weighted by molar-refractivity contribution is -0.130. The molecule has 0 radical (unpaired) electrons. The maximum atomic E-state index is 12.6. The highest BCUT2D eigenvalue weighted by molar-refractivity contribution is 7.90. The number of para-hydroxylation sites is 1. The molecule has 1 saturated heterocycles. The van der Waals surface area contributed by atoms with Crippen LogP contribution in [0.1, 0.15) is 12.1 Å². The number of benzene rings is 1. The molecular weight excluding hydrogens is 314 g/mol. The second-order valence-corrected chi connectivity index (χ2v) is 8.10. The van der Waals surface area contributed by atoms with E-state index in [1.165, 1.54) is 7.05 Å². The maximum absolute atomic E-state index is 12.6. The van der Waals surface area contributed by atoms with Gasteiger partial charge in [-0.25, -0.2) is 13.1 Å². The van der Waals surface area contributed by atoms with Gasteiger partial charge in [-0.3, -0.25) is 4.79 Å². The Hall–Kier alpha value is -1.86. The fourth-order valence-corrected chi connectivity index (χ4v) is 4.29. The fraction of sp³-hybridized carbons (Fsp3) is 0.438. The quantitative estimate of drug-likeness (QED) is 0.909. The molecule has 1 atom stereocenters. The van der Waals surface area contributed by atoms with E-state index in [1.54, 1.807) is 4.90 Å². The third-order valence-corrected chi connectivity index (χ3v) is 6.36. The van der Waals surface area contributed by atoms with Crippen LogP contribution in [-0.2, 0) is 21.4 Å². The third kappa shape index (κ3) is 2.98. The Kier molecular flexibility index (Phi) is 4.16. The van der Waals surface area contributed by atoms with E-state index in [2.05, 4.69) is 10.8 Å². The van der Waals surface area contributed by atoms with E-state index in [0.29, 0.717) is 13.0 Å². The maximum Gasteiger partial charge on any atom is 0.242 e. The van der Waals surface area contributed by atoms with Gasteiger partial charge in [0, 0.05) is 24.3 Å². The van der Waals surface area contributed by atoms with Gasteiger partial charge >= 0.3 is 0 Å². The Morgan fingerprint density at radius 3 is 2.83 bits per heavy atom. The van der Waals surface area contributed by atoms with Crippen LogP contribution in [0.5, 0.6) is 0 Å². The minimum Gasteiger partial charge on any atom is -0.340 e. The Morgan fingerprint density at radius 1 is 1.35 bits per heavy atom. The summed E-state index contributed by atoms with van der Waals surface area (Å²) in [5.74, 6) is -0.0387. The minimum absolute atomic E-state index is 0.0387. The lowest BCUT2D eigenvalue weighted by Gasteiger charge is -2.18. The normalized spacial score (nSPS) is 18.7. The van der Waals surface area contributed by atoms with Gasteiger partial charge in [0.25, 0.3) is 0 Å². The number of hydrogen-bond donors (Lipinski definition) is 1. The molecule has 1 fully saturated rings. The van der Waals surface area contributed by atoms with Crippen molar-refractivity contribution in [3.8, 4) is 0 Å². The Labute approximate surface area is 136 Å². The van der Waals surface area contributed by atoms with Crippen molar-refractivity contribution in [1.82, 2.24) is 14.2 Å². The molecule has 6 nitrogen and oxygen atoms in total. The van der Waals surface area contributed by atoms with Gasteiger partial charge in [0.2, 0.25) is 15.9 Å². The number of fused-ring (bicyclic) bond motifs is 1. The molecule has 23 heavy (non-hydrogen) atoms. The number of aromatic nitrogens is 1. The van der Waals surface area contributed by atoms with Gasteiger partial charge in [-0.2, -0.15) is 0 Å². The lowest BCUT2D eigenvalue weighted by Crippen LogP contribution is -2.37. The molecule has 0 aliphatic carbocycles. The smallest absolute Gasteiger partial charge is 0.242 e. The molecule has 1 aliphatic rings. The minimum atomic E-state index is -3.32. The number of carbonyl (C=O) groups excluding carboxylic acids is 1. The summed E-state index contributed by atoms with van der Waals surface area (Å²) in [7, 11) is -1.91. The van der Waals surface area contributed by atoms with Crippen LogP contribution in [0.4, 0.5) is 0 Å². The number of nitrogens with zero attached hydrogens (tertiary/aromatic N) is 2. The van der Waals surface area contributed by atoms with Crippen LogP contribution in [0.3, 0.4) is 0 Å². The lowest BCUT2D eigenvalue weighted by atomic mass is 10.2. The van der Waals surface area contributed by atoms with Crippen LogP contribution < -0.4 is 4.72 Å². The van der Waals surface area contributed by atoms with E-state index in [0.717, 1.165) is 16.6 Å². The molecule has 1 N–H and O–H groups in total. The van der Waals surface area contributed by atoms with E-state index in [-0.39, 0.29) is 19.0 Å². The zero-order valence-corrected chi connectivity index (χ0v) is 14.1. The Bertz CT molecular complexity index is 841. The number of sulfonamides is 1. The number of amides is 1. The van der Waals surface area contributed by atoms with Gasteiger partial charge < -0.3 is 9.47 Å². The molecule has 7 heteroatoms. The zero-order valence-electron chi connectivity index (χ0n) is 13.3. The van der Waals surface area contributed by atoms with Crippen molar-refractivity contribution >= 4 is 26.8 Å². The summed E-state index contributed by atoms with van der Waals surface area (Å²) in [6.45, 7) is 2.97. The Balaban J connectivity index is 1.76. The van der Waals surface area contributed by atoms with Gasteiger partial charge in [0.05, 0.1) is 5.25 Å². The average Bonchev–Trinajstić information content (AvgIpc) is 3.14. The fourth-order valence-electron chi connectivity index (χ4n) is 3.17. The summed E-state index contributed by atoms with van der Waals surface area (Å²) >= 11 is 0. The van der Waals surface area contributed by atoms with Crippen LogP contribution in [0.25, 0.3) is 10.9 Å². The summed E-state index contributed by atoms with van der Waals surface area (Å²) < 4.78 is 28.1. The van der Waals surface area contributed by atoms with E-state index < -0.39 is 15.3 Å². The molecule has 3 rings (SSSR count). The SMILES string of the molecule is CNS(=O)(=O)C1CCN(C(=O)Cn2c(C)cc3ccccc32)C1. The number of aryl methyl sites for hydroxylation is 1. The van der Waals surface area contributed by atoms with Crippen LogP contribution in [0.15, 0.2) is 30.3 Å². The van der Waals surface area contributed by atoms with Crippen molar-refractivity contribution in [3.05, 3.63) is 36.0 Å². The molecule has 0 saturated carbocycles. The van der Waals surface area contributed by atoms with Gasteiger partial charge in [0.1, 0.15) is 6.54 Å². The summed E-state index contributed by atoms with van der Waals surface area (Å²) in [5.41, 5.74) is 2.05. The number of nitrogens with one attached hydrogen (secondary N) is 1. The monoisotopic (exact) mass is 335 g/mol. The first-order chi connectivity index (χ1) is 10.9. The van der Waals surface area contributed by atoms with E-state index in [4.69, 9.17) is 0 Å². The second kappa shape index (κ2) is 5.98. The molecule has 0 bridgehead atoms. The molecule has 124 valence electrons. The van der Waals surface area contributed by atoms with Gasteiger partial charge in [-0.1, -0.05) is 18.2 Å². The van der Waals surface area contributed by atoms with E-state index in [1.807, 2.05) is 35.8 Å². The highest BCUT2D eigenvalue weighted by atomic mass is 32.2. The molecular formula is C16H21N3O3S. The standard InChI is InChI=1S/C16H21N3O3S/c1-12-9-13-5-3-4-6-15(13)19(12)11-16(20)18-8-7-14(10-18)23(21,22)17-2/h3-6,9,14,17H,7-8,10-11H2,1-2H3. The van der Waals surface area contributed by atoms with Crippen molar-refractivity contribution in [2.24, 2.45) is 0 Å². The third-order valence-electron chi connectivity index (χ3n) is 4.53. The highest BCUT2D eigenvalue weighted by Gasteiger charge is 2.34. The largest absolute Gasteiger partial charge is 0.340 e. The van der Waals surface area contributed by atoms with Crippen molar-refractivity contribution in [1.29, 1.82) is 0 Å². The topological polar surface area (TPSA) is 71.4 Å². The molecule has 1 unspecified atom stereocenters. The summed E-state index contributed by atoms with van der Waals surface area (Å²) in [4.78, 5) is 14.2. The first-order valence-electron chi connectivity index (χ1n) is 7.67. The predicted molar refractivity (Wildman–Crippen MR) is 89.6 cm³/mol. The average molecular weight is 335 g/mol. The summed E-state index contributed by atoms with van der Waals surface area (Å²) in [5, 5.41) is 0.591. The van der Waals surface area contributed by atoms with E-state index >= 15 is 0 Å². The molecule has 1 amide bonds. The first-order valence-corrected chi connectivity index (χ1v) is 9.22. The van der Waals surface area contributed by atoms with Crippen LogP contribution in [-0.4, -0.2) is 49.2 Å². The van der Waals surface area contributed by atoms with Crippen molar-refractivity contribution in [2.75, 3.05) is 20.1 Å². The zero-order chi connectivity index (χ0) is 16.6. The van der Waals surface area contributed by atoms with Crippen LogP contribution in [0.2, 0.25) is 0 Å². The van der Waals surface area contributed by atoms with Gasteiger partial charge in [-0.05, 0) is 37.9 Å². The predicted octanol–water partition coefficient (Wildman–Crippen LogP) is 1.10. The van der Waals surface area contributed by atoms with Crippen molar-refractivity contribution < 1.29 is 13.2 Å². The second-order valence-electron chi connectivity index (χ2n) is 5.93. The number of likely N-dealkylation sites (tertiary alicyclic amines) is 1. The van der Waals surface area contributed by atoms with Crippen molar-refractivity contribution in [3.63, 3.8) is 0 Å². The van der Waals surface area contributed by atoms with Crippen LogP contribution in [0, 0.1) is 6.92 Å². The van der Waals surface area contributed by atoms with Gasteiger partial charge in [0.15, 0.2) is 0 Å².